The van der Waals surface area contributed by atoms with Gasteiger partial charge in [0.25, 0.3) is 0 Å². The van der Waals surface area contributed by atoms with Gasteiger partial charge in [0.15, 0.2) is 11.4 Å². The lowest BCUT2D eigenvalue weighted by Crippen LogP contribution is -2.48. The topological polar surface area (TPSA) is 76.4 Å². The van der Waals surface area contributed by atoms with Crippen LogP contribution in [0.4, 0.5) is 14.5 Å². The van der Waals surface area contributed by atoms with Crippen molar-refractivity contribution in [3.05, 3.63) is 81.4 Å². The van der Waals surface area contributed by atoms with Gasteiger partial charge in [0.05, 0.1) is 22.3 Å². The van der Waals surface area contributed by atoms with E-state index in [4.69, 9.17) is 22.1 Å². The van der Waals surface area contributed by atoms with E-state index in [2.05, 4.69) is 10.6 Å². The molecule has 3 aliphatic rings. The van der Waals surface area contributed by atoms with E-state index in [0.29, 0.717) is 35.5 Å². The highest BCUT2D eigenvalue weighted by atomic mass is 35.5. The highest BCUT2D eigenvalue weighted by Gasteiger charge is 2.50. The monoisotopic (exact) mass is 523 g/mol. The van der Waals surface area contributed by atoms with E-state index in [1.165, 1.54) is 6.07 Å². The summed E-state index contributed by atoms with van der Waals surface area (Å²) in [6.07, 6.45) is 2.98. The van der Waals surface area contributed by atoms with Crippen LogP contribution in [0.2, 0.25) is 5.02 Å². The molecule has 37 heavy (non-hydrogen) atoms. The summed E-state index contributed by atoms with van der Waals surface area (Å²) in [4.78, 5) is 12.7. The van der Waals surface area contributed by atoms with Gasteiger partial charge in [0, 0.05) is 35.7 Å². The first-order valence-corrected chi connectivity index (χ1v) is 13.1. The molecule has 3 aromatic rings. The van der Waals surface area contributed by atoms with E-state index < -0.39 is 23.1 Å². The van der Waals surface area contributed by atoms with Gasteiger partial charge in [-0.15, -0.1) is 0 Å². The Bertz CT molecular complexity index is 1410. The molecular formula is C29H28ClF2N3O2. The van der Waals surface area contributed by atoms with E-state index in [9.17, 15) is 4.79 Å². The van der Waals surface area contributed by atoms with Gasteiger partial charge in [-0.1, -0.05) is 48.9 Å². The molecule has 0 saturated carbocycles. The van der Waals surface area contributed by atoms with E-state index in [-0.39, 0.29) is 33.7 Å². The quantitative estimate of drug-likeness (QED) is 0.399. The average Bonchev–Trinajstić information content (AvgIpc) is 3.56. The molecule has 5 nitrogen and oxygen atoms in total. The largest absolute Gasteiger partial charge is 0.480 e. The number of nitrogens with two attached hydrogens (primary N) is 1. The molecule has 1 amide bonds. The van der Waals surface area contributed by atoms with Gasteiger partial charge in [0.1, 0.15) is 11.6 Å². The van der Waals surface area contributed by atoms with Gasteiger partial charge < -0.3 is 21.1 Å². The van der Waals surface area contributed by atoms with Gasteiger partial charge >= 0.3 is 0 Å². The van der Waals surface area contributed by atoms with Crippen molar-refractivity contribution in [2.45, 2.75) is 50.2 Å². The van der Waals surface area contributed by atoms with Crippen LogP contribution in [-0.2, 0) is 12.0 Å². The second-order valence-electron chi connectivity index (χ2n) is 10.3. The third-order valence-electron chi connectivity index (χ3n) is 8.13. The van der Waals surface area contributed by atoms with Crippen molar-refractivity contribution in [2.75, 3.05) is 18.4 Å². The average molecular weight is 524 g/mol. The van der Waals surface area contributed by atoms with Crippen molar-refractivity contribution < 1.29 is 18.3 Å². The standard InChI is InChI=1S/C29H28ClF2N3O2/c1-15-9-11-35-27-17(15)12-18(28(33)36)24(26(27)32)23-19-14-29(22-8-5-10-34-22,16-6-3-2-4-7-16)37-21(19)13-20(31)25(23)30/h2-4,6-7,12-13,15,22,34-35H,5,8-11,14H2,1H3,(H2,33,36)/t15-,22-,29-/m0/s1. The van der Waals surface area contributed by atoms with Crippen molar-refractivity contribution >= 4 is 23.2 Å². The molecule has 3 aliphatic heterocycles. The van der Waals surface area contributed by atoms with Crippen LogP contribution in [0.1, 0.15) is 59.2 Å². The zero-order valence-electron chi connectivity index (χ0n) is 20.5. The molecule has 0 spiro atoms. The van der Waals surface area contributed by atoms with Crippen LogP contribution in [0, 0.1) is 11.6 Å². The number of hydrogen-bond acceptors (Lipinski definition) is 4. The minimum absolute atomic E-state index is 0.0160. The summed E-state index contributed by atoms with van der Waals surface area (Å²) in [5, 5.41) is 6.41. The summed E-state index contributed by atoms with van der Waals surface area (Å²) < 4.78 is 38.3. The number of ether oxygens (including phenoxy) is 1. The van der Waals surface area contributed by atoms with E-state index in [1.54, 1.807) is 6.07 Å². The summed E-state index contributed by atoms with van der Waals surface area (Å²) in [6.45, 7) is 3.41. The fraction of sp³-hybridized carbons (Fsp3) is 0.345. The first kappa shape index (κ1) is 24.2. The van der Waals surface area contributed by atoms with E-state index in [1.807, 2.05) is 37.3 Å². The van der Waals surface area contributed by atoms with Crippen LogP contribution >= 0.6 is 11.6 Å². The fourth-order valence-corrected chi connectivity index (χ4v) is 6.53. The SMILES string of the molecule is C[C@H]1CCNc2c1cc(C(N)=O)c(-c1c(Cl)c(F)cc3c1C[C@](c1ccccc1)([C@@H]1CCCN1)O3)c2F. The van der Waals surface area contributed by atoms with Crippen molar-refractivity contribution in [3.63, 3.8) is 0 Å². The molecule has 192 valence electrons. The summed E-state index contributed by atoms with van der Waals surface area (Å²) >= 11 is 6.59. The van der Waals surface area contributed by atoms with Crippen LogP contribution in [0.25, 0.3) is 11.1 Å². The van der Waals surface area contributed by atoms with Crippen molar-refractivity contribution in [1.82, 2.24) is 5.32 Å². The summed E-state index contributed by atoms with van der Waals surface area (Å²) in [5.41, 5.74) is 7.44. The molecule has 0 unspecified atom stereocenters. The predicted octanol–water partition coefficient (Wildman–Crippen LogP) is 5.89. The molecule has 3 aromatic carbocycles. The van der Waals surface area contributed by atoms with Crippen molar-refractivity contribution in [1.29, 1.82) is 0 Å². The summed E-state index contributed by atoms with van der Waals surface area (Å²) in [6, 6.07) is 12.6. The Balaban J connectivity index is 1.61. The molecular weight excluding hydrogens is 496 g/mol. The predicted molar refractivity (Wildman–Crippen MR) is 140 cm³/mol. The Morgan fingerprint density at radius 1 is 1.14 bits per heavy atom. The lowest BCUT2D eigenvalue weighted by Gasteiger charge is -2.35. The number of halogens is 3. The normalized spacial score (nSPS) is 24.2. The zero-order valence-corrected chi connectivity index (χ0v) is 21.2. The van der Waals surface area contributed by atoms with Crippen molar-refractivity contribution in [3.8, 4) is 16.9 Å². The second kappa shape index (κ2) is 8.99. The highest BCUT2D eigenvalue weighted by Crippen LogP contribution is 2.53. The maximum Gasteiger partial charge on any atom is 0.249 e. The number of anilines is 1. The molecule has 0 aromatic heterocycles. The van der Waals surface area contributed by atoms with Gasteiger partial charge in [0.2, 0.25) is 5.91 Å². The number of amides is 1. The van der Waals surface area contributed by atoms with E-state index >= 15 is 8.78 Å². The van der Waals surface area contributed by atoms with Crippen LogP contribution in [0.15, 0.2) is 42.5 Å². The molecule has 0 bridgehead atoms. The number of rotatable bonds is 4. The van der Waals surface area contributed by atoms with Gasteiger partial charge in [-0.05, 0) is 48.9 Å². The minimum Gasteiger partial charge on any atom is -0.480 e. The number of carbonyl (C=O) groups excluding carboxylic acids is 1. The van der Waals surface area contributed by atoms with Crippen LogP contribution in [0.3, 0.4) is 0 Å². The van der Waals surface area contributed by atoms with Crippen LogP contribution in [-0.4, -0.2) is 25.0 Å². The molecule has 3 atom stereocenters. The van der Waals surface area contributed by atoms with Crippen LogP contribution < -0.4 is 21.1 Å². The number of fused-ring (bicyclic) bond motifs is 2. The first-order chi connectivity index (χ1) is 17.8. The number of nitrogens with one attached hydrogen (secondary N) is 2. The Morgan fingerprint density at radius 2 is 1.92 bits per heavy atom. The van der Waals surface area contributed by atoms with Gasteiger partial charge in [-0.2, -0.15) is 0 Å². The van der Waals surface area contributed by atoms with Crippen LogP contribution in [0.5, 0.6) is 5.75 Å². The lowest BCUT2D eigenvalue weighted by atomic mass is 9.79. The Labute approximate surface area is 219 Å². The minimum atomic E-state index is -0.837. The molecule has 3 heterocycles. The summed E-state index contributed by atoms with van der Waals surface area (Å²) in [7, 11) is 0. The number of hydrogen-bond donors (Lipinski definition) is 3. The smallest absolute Gasteiger partial charge is 0.249 e. The maximum atomic E-state index is 16.3. The van der Waals surface area contributed by atoms with Gasteiger partial charge in [-0.3, -0.25) is 4.79 Å². The zero-order chi connectivity index (χ0) is 25.9. The van der Waals surface area contributed by atoms with E-state index in [0.717, 1.165) is 31.4 Å². The number of carbonyl (C=O) groups is 1. The molecule has 4 N–H and O–H groups in total. The third kappa shape index (κ3) is 3.70. The number of benzene rings is 3. The first-order valence-electron chi connectivity index (χ1n) is 12.7. The van der Waals surface area contributed by atoms with Gasteiger partial charge in [-0.25, -0.2) is 8.78 Å². The highest BCUT2D eigenvalue weighted by molar-refractivity contribution is 6.34. The van der Waals surface area contributed by atoms with Crippen molar-refractivity contribution in [2.24, 2.45) is 5.73 Å². The molecule has 1 saturated heterocycles. The number of primary amides is 1. The Morgan fingerprint density at radius 3 is 2.62 bits per heavy atom. The fourth-order valence-electron chi connectivity index (χ4n) is 6.27. The molecule has 0 aliphatic carbocycles. The lowest BCUT2D eigenvalue weighted by molar-refractivity contribution is 0.0539. The molecule has 0 radical (unpaired) electrons. The summed E-state index contributed by atoms with van der Waals surface area (Å²) in [5.74, 6) is -1.86. The Hall–Kier alpha value is -3.16. The Kier molecular flexibility index (Phi) is 5.88. The molecule has 8 heteroatoms. The maximum absolute atomic E-state index is 16.3. The molecule has 1 fully saturated rings. The second-order valence-corrected chi connectivity index (χ2v) is 10.6. The molecule has 6 rings (SSSR count). The third-order valence-corrected chi connectivity index (χ3v) is 8.50.